The molecule has 0 aliphatic rings. The summed E-state index contributed by atoms with van der Waals surface area (Å²) in [5.41, 5.74) is 3.56. The average Bonchev–Trinajstić information content (AvgIpc) is 2.53. The lowest BCUT2D eigenvalue weighted by Crippen LogP contribution is -2.03. The summed E-state index contributed by atoms with van der Waals surface area (Å²) in [5.74, 6) is 0. The van der Waals surface area contributed by atoms with Gasteiger partial charge in [0.2, 0.25) is 0 Å². The third-order valence-electron chi connectivity index (χ3n) is 2.38. The fraction of sp³-hybridized carbons (Fsp3) is 0.273. The van der Waals surface area contributed by atoms with Crippen LogP contribution < -0.4 is 0 Å². The molecule has 0 aliphatic heterocycles. The zero-order chi connectivity index (χ0) is 10.8. The van der Waals surface area contributed by atoms with Crippen LogP contribution in [0.3, 0.4) is 0 Å². The minimum atomic E-state index is 0.769. The molecule has 0 aliphatic carbocycles. The van der Waals surface area contributed by atoms with E-state index in [4.69, 9.17) is 0 Å². The Balaban J connectivity index is 2.22. The van der Waals surface area contributed by atoms with Crippen LogP contribution in [0.4, 0.5) is 0 Å². The van der Waals surface area contributed by atoms with E-state index in [1.807, 2.05) is 11.6 Å². The molecule has 4 heteroatoms. The lowest BCUT2D eigenvalue weighted by atomic mass is 10.1. The van der Waals surface area contributed by atoms with Gasteiger partial charge in [0.15, 0.2) is 4.60 Å². The number of rotatable bonds is 2. The van der Waals surface area contributed by atoms with Crippen molar-refractivity contribution in [2.75, 3.05) is 0 Å². The Morgan fingerprint density at radius 1 is 1.20 bits per heavy atom. The monoisotopic (exact) mass is 265 g/mol. The molecule has 0 amide bonds. The van der Waals surface area contributed by atoms with Crippen LogP contribution in [0, 0.1) is 13.8 Å². The molecule has 0 unspecified atom stereocenters. The molecule has 1 aromatic carbocycles. The summed E-state index contributed by atoms with van der Waals surface area (Å²) in [6.45, 7) is 4.85. The third-order valence-corrected chi connectivity index (χ3v) is 3.11. The molecule has 1 aromatic heterocycles. The second kappa shape index (κ2) is 4.14. The minimum Gasteiger partial charge on any atom is -0.244 e. The van der Waals surface area contributed by atoms with Crippen molar-refractivity contribution in [3.8, 4) is 0 Å². The Hall–Kier alpha value is -1.16. The highest BCUT2D eigenvalue weighted by Crippen LogP contribution is 2.13. The highest BCUT2D eigenvalue weighted by Gasteiger charge is 2.05. The van der Waals surface area contributed by atoms with Gasteiger partial charge in [-0.25, -0.2) is 4.68 Å². The van der Waals surface area contributed by atoms with Gasteiger partial charge in [-0.3, -0.25) is 0 Å². The fourth-order valence-corrected chi connectivity index (χ4v) is 1.63. The fourth-order valence-electron chi connectivity index (χ4n) is 1.36. The number of benzene rings is 1. The number of hydrogen-bond donors (Lipinski definition) is 0. The molecule has 0 spiro atoms. The van der Waals surface area contributed by atoms with Gasteiger partial charge in [-0.2, -0.15) is 0 Å². The molecule has 0 bridgehead atoms. The molecule has 3 nitrogen and oxygen atoms in total. The molecular weight excluding hydrogens is 254 g/mol. The van der Waals surface area contributed by atoms with Crippen molar-refractivity contribution in [3.63, 3.8) is 0 Å². The van der Waals surface area contributed by atoms with Crippen LogP contribution >= 0.6 is 15.9 Å². The van der Waals surface area contributed by atoms with Crippen molar-refractivity contribution in [2.45, 2.75) is 20.4 Å². The summed E-state index contributed by atoms with van der Waals surface area (Å²) in [6.07, 6.45) is 0. The Morgan fingerprint density at radius 2 is 1.87 bits per heavy atom. The molecule has 2 rings (SSSR count). The minimum absolute atomic E-state index is 0.769. The van der Waals surface area contributed by atoms with Crippen LogP contribution in [0.1, 0.15) is 16.8 Å². The molecule has 2 aromatic rings. The Morgan fingerprint density at radius 3 is 2.40 bits per heavy atom. The van der Waals surface area contributed by atoms with Crippen LogP contribution in [-0.4, -0.2) is 15.0 Å². The highest BCUT2D eigenvalue weighted by atomic mass is 79.9. The van der Waals surface area contributed by atoms with E-state index in [1.165, 1.54) is 11.1 Å². The zero-order valence-corrected chi connectivity index (χ0v) is 10.3. The second-order valence-electron chi connectivity index (χ2n) is 3.61. The zero-order valence-electron chi connectivity index (χ0n) is 8.74. The molecule has 0 atom stereocenters. The van der Waals surface area contributed by atoms with Gasteiger partial charge in [0.05, 0.1) is 12.2 Å². The van der Waals surface area contributed by atoms with Crippen LogP contribution in [-0.2, 0) is 6.54 Å². The van der Waals surface area contributed by atoms with Gasteiger partial charge in [-0.15, -0.1) is 5.10 Å². The molecule has 0 fully saturated rings. The smallest absolute Gasteiger partial charge is 0.151 e. The van der Waals surface area contributed by atoms with Crippen LogP contribution in [0.25, 0.3) is 0 Å². The van der Waals surface area contributed by atoms with Gasteiger partial charge in [0.25, 0.3) is 0 Å². The molecule has 78 valence electrons. The van der Waals surface area contributed by atoms with E-state index in [1.54, 1.807) is 0 Å². The molecule has 15 heavy (non-hydrogen) atoms. The van der Waals surface area contributed by atoms with E-state index >= 15 is 0 Å². The Labute approximate surface area is 97.2 Å². The van der Waals surface area contributed by atoms with Gasteiger partial charge in [-0.1, -0.05) is 35.0 Å². The van der Waals surface area contributed by atoms with E-state index < -0.39 is 0 Å². The largest absolute Gasteiger partial charge is 0.244 e. The Bertz CT molecular complexity index is 459. The molecule has 1 heterocycles. The number of hydrogen-bond acceptors (Lipinski definition) is 2. The maximum Gasteiger partial charge on any atom is 0.151 e. The highest BCUT2D eigenvalue weighted by molar-refractivity contribution is 9.10. The summed E-state index contributed by atoms with van der Waals surface area (Å²) in [6, 6.07) is 8.45. The van der Waals surface area contributed by atoms with Crippen molar-refractivity contribution in [1.82, 2.24) is 15.0 Å². The van der Waals surface area contributed by atoms with Crippen LogP contribution in [0.2, 0.25) is 0 Å². The number of aromatic nitrogens is 3. The molecule has 0 saturated carbocycles. The number of aryl methyl sites for hydroxylation is 1. The first kappa shape index (κ1) is 10.4. The summed E-state index contributed by atoms with van der Waals surface area (Å²) in [7, 11) is 0. The van der Waals surface area contributed by atoms with E-state index in [2.05, 4.69) is 57.4 Å². The van der Waals surface area contributed by atoms with Gasteiger partial charge < -0.3 is 0 Å². The normalized spacial score (nSPS) is 10.6. The average molecular weight is 266 g/mol. The van der Waals surface area contributed by atoms with E-state index in [0.29, 0.717) is 0 Å². The summed E-state index contributed by atoms with van der Waals surface area (Å²) in [4.78, 5) is 0. The van der Waals surface area contributed by atoms with Gasteiger partial charge in [-0.05, 0) is 35.3 Å². The maximum atomic E-state index is 4.05. The Kier molecular flexibility index (Phi) is 2.86. The summed E-state index contributed by atoms with van der Waals surface area (Å²) in [5, 5.41) is 8.01. The number of halogens is 1. The first-order chi connectivity index (χ1) is 7.16. The first-order valence-electron chi connectivity index (χ1n) is 4.78. The molecule has 0 saturated heterocycles. The van der Waals surface area contributed by atoms with Crippen molar-refractivity contribution >= 4 is 15.9 Å². The standard InChI is InChI=1S/C11H12BrN3/c1-8-3-5-10(6-4-8)7-15-9(2)11(12)13-14-15/h3-6H,7H2,1-2H3. The summed E-state index contributed by atoms with van der Waals surface area (Å²) < 4.78 is 2.70. The van der Waals surface area contributed by atoms with Crippen LogP contribution in [0.15, 0.2) is 28.9 Å². The van der Waals surface area contributed by atoms with Gasteiger partial charge in [0.1, 0.15) is 0 Å². The molecular formula is C11H12BrN3. The summed E-state index contributed by atoms with van der Waals surface area (Å²) >= 11 is 3.35. The molecule has 0 N–H and O–H groups in total. The third kappa shape index (κ3) is 2.26. The van der Waals surface area contributed by atoms with E-state index in [9.17, 15) is 0 Å². The van der Waals surface area contributed by atoms with Gasteiger partial charge in [0, 0.05) is 0 Å². The SMILES string of the molecule is Cc1ccc(Cn2nnc(Br)c2C)cc1. The predicted octanol–water partition coefficient (Wildman–Crippen LogP) is 2.71. The van der Waals surface area contributed by atoms with Crippen molar-refractivity contribution < 1.29 is 0 Å². The van der Waals surface area contributed by atoms with Crippen LogP contribution in [0.5, 0.6) is 0 Å². The lowest BCUT2D eigenvalue weighted by molar-refractivity contribution is 0.633. The van der Waals surface area contributed by atoms with Crippen molar-refractivity contribution in [2.24, 2.45) is 0 Å². The predicted molar refractivity (Wildman–Crippen MR) is 62.7 cm³/mol. The quantitative estimate of drug-likeness (QED) is 0.836. The maximum absolute atomic E-state index is 4.05. The first-order valence-corrected chi connectivity index (χ1v) is 5.57. The van der Waals surface area contributed by atoms with Crippen molar-refractivity contribution in [1.29, 1.82) is 0 Å². The van der Waals surface area contributed by atoms with E-state index in [-0.39, 0.29) is 0 Å². The molecule has 0 radical (unpaired) electrons. The lowest BCUT2D eigenvalue weighted by Gasteiger charge is -2.03. The van der Waals surface area contributed by atoms with E-state index in [0.717, 1.165) is 16.8 Å². The van der Waals surface area contributed by atoms with Gasteiger partial charge >= 0.3 is 0 Å². The number of nitrogens with zero attached hydrogens (tertiary/aromatic N) is 3. The van der Waals surface area contributed by atoms with Crippen molar-refractivity contribution in [3.05, 3.63) is 45.7 Å². The second-order valence-corrected chi connectivity index (χ2v) is 4.36. The topological polar surface area (TPSA) is 30.7 Å².